The molecule has 1 aliphatic heterocycles. The SMILES string of the molecule is Nc1ccc(-c2nnc3n2CCCCC3)c(F)c1. The van der Waals surface area contributed by atoms with Crippen molar-refractivity contribution in [1.29, 1.82) is 0 Å². The lowest BCUT2D eigenvalue weighted by Crippen LogP contribution is -2.04. The predicted octanol–water partition coefficient (Wildman–Crippen LogP) is 2.39. The van der Waals surface area contributed by atoms with Gasteiger partial charge in [0.25, 0.3) is 0 Å². The van der Waals surface area contributed by atoms with Crippen molar-refractivity contribution in [1.82, 2.24) is 14.8 Å². The Bertz CT molecular complexity index is 576. The van der Waals surface area contributed by atoms with Gasteiger partial charge in [-0.15, -0.1) is 10.2 Å². The molecule has 18 heavy (non-hydrogen) atoms. The summed E-state index contributed by atoms with van der Waals surface area (Å²) in [4.78, 5) is 0. The van der Waals surface area contributed by atoms with Crippen LogP contribution in [0, 0.1) is 5.82 Å². The molecule has 0 radical (unpaired) electrons. The quantitative estimate of drug-likeness (QED) is 0.786. The summed E-state index contributed by atoms with van der Waals surface area (Å²) < 4.78 is 16.0. The summed E-state index contributed by atoms with van der Waals surface area (Å²) in [6, 6.07) is 4.69. The summed E-state index contributed by atoms with van der Waals surface area (Å²) in [6.45, 7) is 0.863. The fourth-order valence-electron chi connectivity index (χ4n) is 2.40. The second-order valence-electron chi connectivity index (χ2n) is 4.64. The van der Waals surface area contributed by atoms with E-state index in [2.05, 4.69) is 10.2 Å². The van der Waals surface area contributed by atoms with Gasteiger partial charge in [-0.3, -0.25) is 0 Å². The summed E-state index contributed by atoms with van der Waals surface area (Å²) in [5.74, 6) is 1.23. The Kier molecular flexibility index (Phi) is 2.74. The first kappa shape index (κ1) is 11.2. The third-order valence-electron chi connectivity index (χ3n) is 3.34. The number of fused-ring (bicyclic) bond motifs is 1. The third kappa shape index (κ3) is 1.85. The highest BCUT2D eigenvalue weighted by Gasteiger charge is 2.18. The molecular formula is C13H15FN4. The van der Waals surface area contributed by atoms with Crippen LogP contribution in [0.1, 0.15) is 25.1 Å². The van der Waals surface area contributed by atoms with Crippen LogP contribution in [0.3, 0.4) is 0 Å². The van der Waals surface area contributed by atoms with Gasteiger partial charge < -0.3 is 10.3 Å². The van der Waals surface area contributed by atoms with Gasteiger partial charge in [0, 0.05) is 18.7 Å². The summed E-state index contributed by atoms with van der Waals surface area (Å²) >= 11 is 0. The van der Waals surface area contributed by atoms with Crippen LogP contribution in [-0.4, -0.2) is 14.8 Å². The molecule has 3 rings (SSSR count). The zero-order valence-electron chi connectivity index (χ0n) is 10.1. The average Bonchev–Trinajstić information content (AvgIpc) is 2.59. The first-order valence-corrected chi connectivity index (χ1v) is 6.23. The zero-order valence-corrected chi connectivity index (χ0v) is 10.1. The van der Waals surface area contributed by atoms with Gasteiger partial charge >= 0.3 is 0 Å². The second kappa shape index (κ2) is 4.40. The molecule has 0 bridgehead atoms. The largest absolute Gasteiger partial charge is 0.399 e. The molecule has 94 valence electrons. The molecule has 4 nitrogen and oxygen atoms in total. The number of halogens is 1. The maximum absolute atomic E-state index is 13.9. The highest BCUT2D eigenvalue weighted by molar-refractivity contribution is 5.60. The van der Waals surface area contributed by atoms with Gasteiger partial charge in [-0.2, -0.15) is 0 Å². The summed E-state index contributed by atoms with van der Waals surface area (Å²) in [5, 5.41) is 8.30. The second-order valence-corrected chi connectivity index (χ2v) is 4.64. The van der Waals surface area contributed by atoms with Crippen molar-refractivity contribution < 1.29 is 4.39 Å². The molecule has 0 unspecified atom stereocenters. The lowest BCUT2D eigenvalue weighted by atomic mass is 10.2. The smallest absolute Gasteiger partial charge is 0.166 e. The Morgan fingerprint density at radius 1 is 1.17 bits per heavy atom. The number of benzene rings is 1. The number of nitrogens with two attached hydrogens (primary N) is 1. The molecule has 0 atom stereocenters. The summed E-state index contributed by atoms with van der Waals surface area (Å²) in [7, 11) is 0. The number of aryl methyl sites for hydroxylation is 1. The third-order valence-corrected chi connectivity index (χ3v) is 3.34. The van der Waals surface area contributed by atoms with Crippen molar-refractivity contribution in [3.05, 3.63) is 29.8 Å². The minimum Gasteiger partial charge on any atom is -0.399 e. The number of rotatable bonds is 1. The van der Waals surface area contributed by atoms with Gasteiger partial charge in [0.1, 0.15) is 11.6 Å². The van der Waals surface area contributed by atoms with Crippen molar-refractivity contribution in [3.8, 4) is 11.4 Å². The van der Waals surface area contributed by atoms with Gasteiger partial charge in [0.05, 0.1) is 5.56 Å². The van der Waals surface area contributed by atoms with E-state index in [0.29, 0.717) is 17.1 Å². The van der Waals surface area contributed by atoms with Crippen LogP contribution in [0.2, 0.25) is 0 Å². The van der Waals surface area contributed by atoms with Gasteiger partial charge in [-0.05, 0) is 31.0 Å². The first-order valence-electron chi connectivity index (χ1n) is 6.23. The molecule has 0 saturated heterocycles. The van der Waals surface area contributed by atoms with Gasteiger partial charge in [-0.25, -0.2) is 4.39 Å². The highest BCUT2D eigenvalue weighted by Crippen LogP contribution is 2.25. The number of aromatic nitrogens is 3. The zero-order chi connectivity index (χ0) is 12.5. The standard InChI is InChI=1S/C13H15FN4/c14-11-8-9(15)5-6-10(11)13-17-16-12-4-2-1-3-7-18(12)13/h5-6,8H,1-4,7,15H2. The fraction of sp³-hybridized carbons (Fsp3) is 0.385. The normalized spacial score (nSPS) is 15.2. The average molecular weight is 246 g/mol. The van der Waals surface area contributed by atoms with E-state index >= 15 is 0 Å². The molecule has 1 aromatic carbocycles. The van der Waals surface area contributed by atoms with Crippen molar-refractivity contribution in [2.45, 2.75) is 32.2 Å². The molecule has 1 aliphatic rings. The van der Waals surface area contributed by atoms with E-state index in [4.69, 9.17) is 5.73 Å². The first-order chi connectivity index (χ1) is 8.75. The van der Waals surface area contributed by atoms with E-state index in [0.717, 1.165) is 31.6 Å². The predicted molar refractivity (Wildman–Crippen MR) is 67.4 cm³/mol. The molecule has 1 aromatic heterocycles. The maximum atomic E-state index is 13.9. The number of nitrogen functional groups attached to an aromatic ring is 1. The van der Waals surface area contributed by atoms with Crippen LogP contribution in [0.25, 0.3) is 11.4 Å². The van der Waals surface area contributed by atoms with E-state index in [-0.39, 0.29) is 5.82 Å². The number of nitrogens with zero attached hydrogens (tertiary/aromatic N) is 3. The molecular weight excluding hydrogens is 231 g/mol. The van der Waals surface area contributed by atoms with E-state index in [9.17, 15) is 4.39 Å². The summed E-state index contributed by atoms with van der Waals surface area (Å²) in [6.07, 6.45) is 4.33. The topological polar surface area (TPSA) is 56.7 Å². The Hall–Kier alpha value is -1.91. The number of anilines is 1. The Morgan fingerprint density at radius 2 is 2.06 bits per heavy atom. The van der Waals surface area contributed by atoms with Gasteiger partial charge in [0.2, 0.25) is 0 Å². The van der Waals surface area contributed by atoms with Gasteiger partial charge in [-0.1, -0.05) is 6.42 Å². The van der Waals surface area contributed by atoms with Crippen molar-refractivity contribution >= 4 is 5.69 Å². The molecule has 2 N–H and O–H groups in total. The highest BCUT2D eigenvalue weighted by atomic mass is 19.1. The molecule has 0 spiro atoms. The van der Waals surface area contributed by atoms with Crippen molar-refractivity contribution in [2.75, 3.05) is 5.73 Å². The maximum Gasteiger partial charge on any atom is 0.166 e. The van der Waals surface area contributed by atoms with Gasteiger partial charge in [0.15, 0.2) is 5.82 Å². The van der Waals surface area contributed by atoms with Crippen LogP contribution < -0.4 is 5.73 Å². The van der Waals surface area contributed by atoms with Crippen LogP contribution in [0.5, 0.6) is 0 Å². The molecule has 2 aromatic rings. The van der Waals surface area contributed by atoms with Crippen molar-refractivity contribution in [3.63, 3.8) is 0 Å². The number of hydrogen-bond acceptors (Lipinski definition) is 3. The fourth-order valence-corrected chi connectivity index (χ4v) is 2.40. The minimum atomic E-state index is -0.338. The molecule has 2 heterocycles. The van der Waals surface area contributed by atoms with Crippen LogP contribution in [-0.2, 0) is 13.0 Å². The minimum absolute atomic E-state index is 0.338. The Morgan fingerprint density at radius 3 is 2.89 bits per heavy atom. The van der Waals surface area contributed by atoms with E-state index in [1.54, 1.807) is 12.1 Å². The molecule has 0 aliphatic carbocycles. The van der Waals surface area contributed by atoms with Crippen LogP contribution in [0.15, 0.2) is 18.2 Å². The molecule has 0 fully saturated rings. The number of hydrogen-bond donors (Lipinski definition) is 1. The molecule has 0 saturated carbocycles. The van der Waals surface area contributed by atoms with Crippen molar-refractivity contribution in [2.24, 2.45) is 0 Å². The monoisotopic (exact) mass is 246 g/mol. The summed E-state index contributed by atoms with van der Waals surface area (Å²) in [5.41, 5.74) is 6.46. The van der Waals surface area contributed by atoms with E-state index < -0.39 is 0 Å². The van der Waals surface area contributed by atoms with E-state index in [1.807, 2.05) is 4.57 Å². The Balaban J connectivity index is 2.09. The van der Waals surface area contributed by atoms with E-state index in [1.165, 1.54) is 12.5 Å². The van der Waals surface area contributed by atoms with Crippen LogP contribution >= 0.6 is 0 Å². The molecule has 5 heteroatoms. The lowest BCUT2D eigenvalue weighted by molar-refractivity contribution is 0.617. The lowest BCUT2D eigenvalue weighted by Gasteiger charge is -2.08. The Labute approximate surface area is 105 Å². The molecule has 0 amide bonds. The van der Waals surface area contributed by atoms with Crippen LogP contribution in [0.4, 0.5) is 10.1 Å².